The van der Waals surface area contributed by atoms with Crippen LogP contribution < -0.4 is 5.32 Å². The summed E-state index contributed by atoms with van der Waals surface area (Å²) in [5, 5.41) is 3.21. The van der Waals surface area contributed by atoms with Crippen molar-refractivity contribution in [2.24, 2.45) is 0 Å². The maximum absolute atomic E-state index is 11.4. The Bertz CT molecular complexity index is 176. The fourth-order valence-electron chi connectivity index (χ4n) is 1.40. The van der Waals surface area contributed by atoms with Crippen LogP contribution in [0.1, 0.15) is 20.3 Å². The largest absolute Gasteiger partial charge is 0.447 e. The highest BCUT2D eigenvalue weighted by atomic mass is 16.6. The Balaban J connectivity index is 2.36. The van der Waals surface area contributed by atoms with Crippen molar-refractivity contribution < 1.29 is 9.53 Å². The summed E-state index contributed by atoms with van der Waals surface area (Å²) in [5.74, 6) is 0. The summed E-state index contributed by atoms with van der Waals surface area (Å²) in [6.45, 7) is 5.59. The molecule has 4 heteroatoms. The van der Waals surface area contributed by atoms with Gasteiger partial charge in [-0.25, -0.2) is 4.79 Å². The van der Waals surface area contributed by atoms with Crippen molar-refractivity contribution in [2.45, 2.75) is 32.4 Å². The summed E-state index contributed by atoms with van der Waals surface area (Å²) in [4.78, 5) is 13.1. The smallest absolute Gasteiger partial charge is 0.410 e. The lowest BCUT2D eigenvalue weighted by molar-refractivity contribution is 0.0746. The van der Waals surface area contributed by atoms with E-state index >= 15 is 0 Å². The van der Waals surface area contributed by atoms with Crippen LogP contribution in [0.15, 0.2) is 0 Å². The summed E-state index contributed by atoms with van der Waals surface area (Å²) in [6, 6.07) is 0.297. The van der Waals surface area contributed by atoms with E-state index in [1.807, 2.05) is 13.8 Å². The Morgan fingerprint density at radius 1 is 1.62 bits per heavy atom. The molecule has 0 spiro atoms. The number of rotatable bonds is 2. The lowest BCUT2D eigenvalue weighted by Crippen LogP contribution is -2.39. The van der Waals surface area contributed by atoms with Crippen molar-refractivity contribution >= 4 is 6.09 Å². The van der Waals surface area contributed by atoms with Crippen LogP contribution in [-0.4, -0.2) is 43.3 Å². The van der Waals surface area contributed by atoms with Crippen molar-refractivity contribution in [1.82, 2.24) is 10.2 Å². The van der Waals surface area contributed by atoms with Gasteiger partial charge in [-0.1, -0.05) is 0 Å². The Labute approximate surface area is 79.2 Å². The van der Waals surface area contributed by atoms with Crippen LogP contribution in [0.4, 0.5) is 4.79 Å². The number of amides is 1. The standard InChI is InChI=1S/C9H18N2O2/c1-7(2)13-9(12)11(3)8-4-5-10-6-8/h7-8,10H,4-6H2,1-3H3. The highest BCUT2D eigenvalue weighted by molar-refractivity contribution is 5.67. The Morgan fingerprint density at radius 2 is 2.31 bits per heavy atom. The molecule has 4 nitrogen and oxygen atoms in total. The minimum atomic E-state index is -0.219. The van der Waals surface area contributed by atoms with E-state index < -0.39 is 0 Å². The summed E-state index contributed by atoms with van der Waals surface area (Å²) in [6.07, 6.45) is 0.761. The lowest BCUT2D eigenvalue weighted by atomic mass is 10.2. The number of hydrogen-bond acceptors (Lipinski definition) is 3. The van der Waals surface area contributed by atoms with E-state index in [9.17, 15) is 4.79 Å². The number of nitrogens with zero attached hydrogens (tertiary/aromatic N) is 1. The third kappa shape index (κ3) is 2.88. The highest BCUT2D eigenvalue weighted by Crippen LogP contribution is 2.08. The van der Waals surface area contributed by atoms with Gasteiger partial charge in [0.25, 0.3) is 0 Å². The number of carbonyl (C=O) groups excluding carboxylic acids is 1. The SMILES string of the molecule is CC(C)OC(=O)N(C)C1CCNC1. The van der Waals surface area contributed by atoms with E-state index in [-0.39, 0.29) is 12.2 Å². The van der Waals surface area contributed by atoms with Gasteiger partial charge in [-0.3, -0.25) is 0 Å². The van der Waals surface area contributed by atoms with Gasteiger partial charge in [0, 0.05) is 19.6 Å². The molecule has 1 rings (SSSR count). The zero-order valence-corrected chi connectivity index (χ0v) is 8.54. The lowest BCUT2D eigenvalue weighted by Gasteiger charge is -2.24. The number of hydrogen-bond donors (Lipinski definition) is 1. The first-order valence-electron chi connectivity index (χ1n) is 4.75. The van der Waals surface area contributed by atoms with Gasteiger partial charge in [0.15, 0.2) is 0 Å². The predicted molar refractivity (Wildman–Crippen MR) is 50.7 cm³/mol. The zero-order valence-electron chi connectivity index (χ0n) is 8.54. The summed E-state index contributed by atoms with van der Waals surface area (Å²) in [5.41, 5.74) is 0. The predicted octanol–water partition coefficient (Wildman–Crippen LogP) is 0.825. The van der Waals surface area contributed by atoms with Gasteiger partial charge in [0.1, 0.15) is 0 Å². The molecule has 1 N–H and O–H groups in total. The molecule has 1 aliphatic rings. The molecule has 1 fully saturated rings. The number of nitrogens with one attached hydrogen (secondary N) is 1. The molecular formula is C9H18N2O2. The van der Waals surface area contributed by atoms with Crippen LogP contribution >= 0.6 is 0 Å². The van der Waals surface area contributed by atoms with Crippen molar-refractivity contribution in [2.75, 3.05) is 20.1 Å². The average molecular weight is 186 g/mol. The Morgan fingerprint density at radius 3 is 2.77 bits per heavy atom. The Kier molecular flexibility index (Phi) is 3.54. The minimum Gasteiger partial charge on any atom is -0.447 e. The van der Waals surface area contributed by atoms with Crippen molar-refractivity contribution in [3.05, 3.63) is 0 Å². The molecule has 13 heavy (non-hydrogen) atoms. The molecular weight excluding hydrogens is 168 g/mol. The third-order valence-corrected chi connectivity index (χ3v) is 2.21. The van der Waals surface area contributed by atoms with E-state index in [2.05, 4.69) is 5.32 Å². The molecule has 0 aromatic carbocycles. The molecule has 1 atom stereocenters. The molecule has 1 amide bonds. The second kappa shape index (κ2) is 4.46. The van der Waals surface area contributed by atoms with Crippen LogP contribution in [0.25, 0.3) is 0 Å². The second-order valence-electron chi connectivity index (χ2n) is 3.69. The average Bonchev–Trinajstić information content (AvgIpc) is 2.53. The van der Waals surface area contributed by atoms with Crippen LogP contribution in [0, 0.1) is 0 Å². The van der Waals surface area contributed by atoms with Gasteiger partial charge in [-0.05, 0) is 26.8 Å². The van der Waals surface area contributed by atoms with Crippen LogP contribution in [-0.2, 0) is 4.74 Å². The van der Waals surface area contributed by atoms with Gasteiger partial charge >= 0.3 is 6.09 Å². The first-order chi connectivity index (χ1) is 6.11. The zero-order chi connectivity index (χ0) is 9.84. The van der Waals surface area contributed by atoms with Gasteiger partial charge in [-0.2, -0.15) is 0 Å². The number of likely N-dealkylation sites (N-methyl/N-ethyl adjacent to an activating group) is 1. The second-order valence-corrected chi connectivity index (χ2v) is 3.69. The highest BCUT2D eigenvalue weighted by Gasteiger charge is 2.24. The maximum atomic E-state index is 11.4. The van der Waals surface area contributed by atoms with Crippen LogP contribution in [0.2, 0.25) is 0 Å². The fraction of sp³-hybridized carbons (Fsp3) is 0.889. The summed E-state index contributed by atoms with van der Waals surface area (Å²) in [7, 11) is 1.79. The van der Waals surface area contributed by atoms with Crippen molar-refractivity contribution in [3.63, 3.8) is 0 Å². The summed E-state index contributed by atoms with van der Waals surface area (Å²) >= 11 is 0. The van der Waals surface area contributed by atoms with E-state index in [0.717, 1.165) is 19.5 Å². The van der Waals surface area contributed by atoms with Crippen LogP contribution in [0.5, 0.6) is 0 Å². The van der Waals surface area contributed by atoms with E-state index in [0.29, 0.717) is 6.04 Å². The van der Waals surface area contributed by atoms with E-state index in [4.69, 9.17) is 4.74 Å². The molecule has 1 saturated heterocycles. The van der Waals surface area contributed by atoms with Gasteiger partial charge < -0.3 is 15.0 Å². The van der Waals surface area contributed by atoms with Crippen molar-refractivity contribution in [1.29, 1.82) is 0 Å². The first-order valence-corrected chi connectivity index (χ1v) is 4.75. The topological polar surface area (TPSA) is 41.6 Å². The van der Waals surface area contributed by atoms with Gasteiger partial charge in [0.05, 0.1) is 6.10 Å². The molecule has 1 heterocycles. The molecule has 1 unspecified atom stereocenters. The van der Waals surface area contributed by atoms with Crippen molar-refractivity contribution in [3.8, 4) is 0 Å². The molecule has 0 radical (unpaired) electrons. The molecule has 0 aromatic heterocycles. The van der Waals surface area contributed by atoms with Gasteiger partial charge in [0.2, 0.25) is 0 Å². The third-order valence-electron chi connectivity index (χ3n) is 2.21. The molecule has 0 aromatic rings. The molecule has 0 bridgehead atoms. The van der Waals surface area contributed by atoms with E-state index in [1.54, 1.807) is 11.9 Å². The van der Waals surface area contributed by atoms with Gasteiger partial charge in [-0.15, -0.1) is 0 Å². The molecule has 0 aliphatic carbocycles. The van der Waals surface area contributed by atoms with Crippen LogP contribution in [0.3, 0.4) is 0 Å². The molecule has 0 saturated carbocycles. The fourth-order valence-corrected chi connectivity index (χ4v) is 1.40. The minimum absolute atomic E-state index is 0.0377. The number of carbonyl (C=O) groups is 1. The summed E-state index contributed by atoms with van der Waals surface area (Å²) < 4.78 is 5.08. The molecule has 76 valence electrons. The Hall–Kier alpha value is -0.770. The van der Waals surface area contributed by atoms with E-state index in [1.165, 1.54) is 0 Å². The number of ether oxygens (including phenoxy) is 1. The molecule has 1 aliphatic heterocycles. The quantitative estimate of drug-likeness (QED) is 0.694. The first kappa shape index (κ1) is 10.3. The monoisotopic (exact) mass is 186 g/mol. The normalized spacial score (nSPS) is 22.0. The maximum Gasteiger partial charge on any atom is 0.410 e.